The van der Waals surface area contributed by atoms with Gasteiger partial charge in [0.05, 0.1) is 24.7 Å². The molecule has 2 aromatic carbocycles. The zero-order valence-corrected chi connectivity index (χ0v) is 19.7. The Morgan fingerprint density at radius 3 is 2.32 bits per heavy atom. The Morgan fingerprint density at radius 2 is 1.71 bits per heavy atom. The fraction of sp³-hybridized carbons (Fsp3) is 0.385. The Labute approximate surface area is 199 Å². The maximum atomic E-state index is 14.4. The average molecular weight is 464 g/mol. The van der Waals surface area contributed by atoms with Gasteiger partial charge in [0.15, 0.2) is 0 Å². The molecule has 1 aromatic heterocycles. The molecule has 1 fully saturated rings. The maximum absolute atomic E-state index is 14.4. The van der Waals surface area contributed by atoms with Crippen LogP contribution in [-0.2, 0) is 23.1 Å². The van der Waals surface area contributed by atoms with Crippen molar-refractivity contribution in [1.82, 2.24) is 25.2 Å². The summed E-state index contributed by atoms with van der Waals surface area (Å²) in [5.41, 5.74) is 3.54. The van der Waals surface area contributed by atoms with Gasteiger partial charge in [-0.25, -0.2) is 4.39 Å². The van der Waals surface area contributed by atoms with Crippen LogP contribution >= 0.6 is 0 Å². The van der Waals surface area contributed by atoms with Crippen LogP contribution in [0.15, 0.2) is 60.8 Å². The monoisotopic (exact) mass is 463 g/mol. The highest BCUT2D eigenvalue weighted by Crippen LogP contribution is 2.27. The van der Waals surface area contributed by atoms with Crippen LogP contribution in [0.5, 0.6) is 0 Å². The minimum Gasteiger partial charge on any atom is -0.343 e. The molecule has 1 aliphatic heterocycles. The predicted octanol–water partition coefficient (Wildman–Crippen LogP) is 3.33. The highest BCUT2D eigenvalue weighted by molar-refractivity contribution is 5.89. The van der Waals surface area contributed by atoms with Crippen molar-refractivity contribution in [1.29, 1.82) is 0 Å². The smallest absolute Gasteiger partial charge is 0.243 e. The van der Waals surface area contributed by atoms with Crippen LogP contribution in [0.4, 0.5) is 4.39 Å². The van der Waals surface area contributed by atoms with E-state index < -0.39 is 18.3 Å². The SMILES string of the molecule is CC(C)c1ccc(C(NC(=O)C2CC(F)CN2C(=O)Cc2cn(C)nn2)c2ccccc2)cc1. The Morgan fingerprint density at radius 1 is 1.06 bits per heavy atom. The minimum atomic E-state index is -1.25. The molecule has 0 bridgehead atoms. The van der Waals surface area contributed by atoms with Crippen molar-refractivity contribution in [3.63, 3.8) is 0 Å². The van der Waals surface area contributed by atoms with Gasteiger partial charge in [-0.05, 0) is 22.6 Å². The molecule has 1 saturated heterocycles. The second-order valence-corrected chi connectivity index (χ2v) is 9.13. The van der Waals surface area contributed by atoms with E-state index in [1.165, 1.54) is 15.1 Å². The number of alkyl halides is 1. The molecule has 178 valence electrons. The molecule has 1 N–H and O–H groups in total. The van der Waals surface area contributed by atoms with Gasteiger partial charge in [0.1, 0.15) is 12.2 Å². The number of nitrogens with one attached hydrogen (secondary N) is 1. The third-order valence-electron chi connectivity index (χ3n) is 6.21. The molecule has 0 spiro atoms. The largest absolute Gasteiger partial charge is 0.343 e. The van der Waals surface area contributed by atoms with Crippen LogP contribution in [0.2, 0.25) is 0 Å². The number of rotatable bonds is 7. The molecule has 7 nitrogen and oxygen atoms in total. The second-order valence-electron chi connectivity index (χ2n) is 9.13. The molecular formula is C26H30FN5O2. The first-order chi connectivity index (χ1) is 16.3. The standard InChI is InChI=1S/C26H30FN5O2/c1-17(2)18-9-11-20(12-10-18)25(19-7-5-4-6-8-19)28-26(34)23-13-21(27)15-32(23)24(33)14-22-16-31(3)30-29-22/h4-12,16-17,21,23,25H,13-15H2,1-3H3,(H,28,34). The van der Waals surface area contributed by atoms with Gasteiger partial charge in [0.25, 0.3) is 0 Å². The zero-order valence-electron chi connectivity index (χ0n) is 19.7. The van der Waals surface area contributed by atoms with Crippen molar-refractivity contribution < 1.29 is 14.0 Å². The van der Waals surface area contributed by atoms with E-state index in [0.29, 0.717) is 11.6 Å². The summed E-state index contributed by atoms with van der Waals surface area (Å²) in [4.78, 5) is 27.6. The molecule has 0 radical (unpaired) electrons. The van der Waals surface area contributed by atoms with Gasteiger partial charge in [-0.2, -0.15) is 0 Å². The third-order valence-corrected chi connectivity index (χ3v) is 6.21. The summed E-state index contributed by atoms with van der Waals surface area (Å²) >= 11 is 0. The predicted molar refractivity (Wildman–Crippen MR) is 127 cm³/mol. The van der Waals surface area contributed by atoms with Crippen molar-refractivity contribution in [3.8, 4) is 0 Å². The Bertz CT molecular complexity index is 1130. The molecule has 3 atom stereocenters. The lowest BCUT2D eigenvalue weighted by molar-refractivity contribution is -0.138. The van der Waals surface area contributed by atoms with E-state index in [4.69, 9.17) is 0 Å². The van der Waals surface area contributed by atoms with Crippen molar-refractivity contribution in [3.05, 3.63) is 83.2 Å². The number of likely N-dealkylation sites (tertiary alicyclic amines) is 1. The van der Waals surface area contributed by atoms with E-state index in [2.05, 4.69) is 41.6 Å². The maximum Gasteiger partial charge on any atom is 0.243 e. The van der Waals surface area contributed by atoms with E-state index in [0.717, 1.165) is 11.1 Å². The number of carbonyl (C=O) groups excluding carboxylic acids is 2. The lowest BCUT2D eigenvalue weighted by Crippen LogP contribution is -2.47. The summed E-state index contributed by atoms with van der Waals surface area (Å²) in [6, 6.07) is 16.5. The summed E-state index contributed by atoms with van der Waals surface area (Å²) in [6.07, 6.45) is 0.346. The van der Waals surface area contributed by atoms with Crippen molar-refractivity contribution in [2.24, 2.45) is 7.05 Å². The molecule has 3 aromatic rings. The second kappa shape index (κ2) is 10.2. The zero-order chi connectivity index (χ0) is 24.2. The molecule has 34 heavy (non-hydrogen) atoms. The van der Waals surface area contributed by atoms with Gasteiger partial charge in [-0.1, -0.05) is 73.7 Å². The Kier molecular flexibility index (Phi) is 7.05. The lowest BCUT2D eigenvalue weighted by atomic mass is 9.95. The summed E-state index contributed by atoms with van der Waals surface area (Å²) in [7, 11) is 1.71. The third kappa shape index (κ3) is 5.32. The first kappa shape index (κ1) is 23.6. The first-order valence-electron chi connectivity index (χ1n) is 11.6. The van der Waals surface area contributed by atoms with Crippen LogP contribution in [0.3, 0.4) is 0 Å². The fourth-order valence-electron chi connectivity index (χ4n) is 4.36. The molecule has 2 amide bonds. The van der Waals surface area contributed by atoms with Crippen LogP contribution in [0, 0.1) is 0 Å². The number of benzene rings is 2. The van der Waals surface area contributed by atoms with Gasteiger partial charge in [0, 0.05) is 19.7 Å². The first-order valence-corrected chi connectivity index (χ1v) is 11.6. The quantitative estimate of drug-likeness (QED) is 0.583. The topological polar surface area (TPSA) is 80.1 Å². The number of aromatic nitrogens is 3. The van der Waals surface area contributed by atoms with Crippen LogP contribution < -0.4 is 5.32 Å². The number of amides is 2. The van der Waals surface area contributed by atoms with Crippen LogP contribution in [0.25, 0.3) is 0 Å². The fourth-order valence-corrected chi connectivity index (χ4v) is 4.36. The number of nitrogens with zero attached hydrogens (tertiary/aromatic N) is 4. The molecule has 0 aliphatic carbocycles. The minimum absolute atomic E-state index is 0.0220. The van der Waals surface area contributed by atoms with Gasteiger partial charge >= 0.3 is 0 Å². The summed E-state index contributed by atoms with van der Waals surface area (Å²) < 4.78 is 15.9. The summed E-state index contributed by atoms with van der Waals surface area (Å²) in [6.45, 7) is 4.16. The van der Waals surface area contributed by atoms with E-state index in [9.17, 15) is 14.0 Å². The van der Waals surface area contributed by atoms with E-state index in [1.54, 1.807) is 13.2 Å². The van der Waals surface area contributed by atoms with Crippen LogP contribution in [0.1, 0.15) is 54.6 Å². The van der Waals surface area contributed by atoms with Crippen molar-refractivity contribution >= 4 is 11.8 Å². The van der Waals surface area contributed by atoms with Crippen molar-refractivity contribution in [2.75, 3.05) is 6.54 Å². The number of carbonyl (C=O) groups is 2. The summed E-state index contributed by atoms with van der Waals surface area (Å²) in [5, 5.41) is 10.8. The molecule has 8 heteroatoms. The van der Waals surface area contributed by atoms with Crippen LogP contribution in [-0.4, -0.2) is 50.5 Å². The van der Waals surface area contributed by atoms with Gasteiger partial charge in [0.2, 0.25) is 11.8 Å². The molecule has 2 heterocycles. The molecule has 1 aliphatic rings. The Balaban J connectivity index is 1.55. The molecule has 0 saturated carbocycles. The normalized spacial score (nSPS) is 18.8. The summed E-state index contributed by atoms with van der Waals surface area (Å²) in [5.74, 6) is -0.305. The van der Waals surface area contributed by atoms with E-state index >= 15 is 0 Å². The van der Waals surface area contributed by atoms with E-state index in [1.807, 2.05) is 42.5 Å². The number of hydrogen-bond acceptors (Lipinski definition) is 4. The van der Waals surface area contributed by atoms with Gasteiger partial charge in [-0.3, -0.25) is 14.3 Å². The highest BCUT2D eigenvalue weighted by Gasteiger charge is 2.40. The molecule has 4 rings (SSSR count). The van der Waals surface area contributed by atoms with Gasteiger partial charge < -0.3 is 10.2 Å². The number of aryl methyl sites for hydroxylation is 1. The Hall–Kier alpha value is -3.55. The lowest BCUT2D eigenvalue weighted by Gasteiger charge is -2.27. The number of hydrogen-bond donors (Lipinski definition) is 1. The molecular weight excluding hydrogens is 433 g/mol. The average Bonchev–Trinajstić information content (AvgIpc) is 3.43. The van der Waals surface area contributed by atoms with Crippen molar-refractivity contribution in [2.45, 2.75) is 50.9 Å². The molecule has 3 unspecified atom stereocenters. The van der Waals surface area contributed by atoms with E-state index in [-0.39, 0.29) is 31.2 Å². The number of halogens is 1. The highest BCUT2D eigenvalue weighted by atomic mass is 19.1. The van der Waals surface area contributed by atoms with Gasteiger partial charge in [-0.15, -0.1) is 5.10 Å².